The zero-order valence-corrected chi connectivity index (χ0v) is 11.1. The Bertz CT molecular complexity index is 457. The molecule has 0 aliphatic carbocycles. The summed E-state index contributed by atoms with van der Waals surface area (Å²) < 4.78 is 5.65. The summed E-state index contributed by atoms with van der Waals surface area (Å²) in [6, 6.07) is 5.79. The second kappa shape index (κ2) is 4.98. The zero-order valence-electron chi connectivity index (χ0n) is 11.1. The molecule has 1 aliphatic rings. The van der Waals surface area contributed by atoms with Crippen molar-refractivity contribution < 1.29 is 9.53 Å². The van der Waals surface area contributed by atoms with Crippen LogP contribution in [0, 0.1) is 5.92 Å². The molecule has 0 saturated heterocycles. The minimum absolute atomic E-state index is 0.0247. The molecule has 2 N–H and O–H groups in total. The summed E-state index contributed by atoms with van der Waals surface area (Å²) >= 11 is 0. The third-order valence-corrected chi connectivity index (χ3v) is 3.02. The smallest absolute Gasteiger partial charge is 0.267 e. The van der Waals surface area contributed by atoms with Gasteiger partial charge in [-0.25, -0.2) is 0 Å². The van der Waals surface area contributed by atoms with Gasteiger partial charge in [0.1, 0.15) is 5.75 Å². The topological polar surface area (TPSA) is 55.6 Å². The number of hydrogen-bond donors (Lipinski definition) is 1. The minimum atomic E-state index is -0.427. The fourth-order valence-electron chi connectivity index (χ4n) is 2.14. The summed E-state index contributed by atoms with van der Waals surface area (Å²) in [5.74, 6) is 1.20. The molecule has 1 unspecified atom stereocenters. The van der Waals surface area contributed by atoms with E-state index in [0.717, 1.165) is 17.0 Å². The van der Waals surface area contributed by atoms with Crippen molar-refractivity contribution in [3.05, 3.63) is 23.8 Å². The summed E-state index contributed by atoms with van der Waals surface area (Å²) in [4.78, 5) is 14.0. The molecule has 1 aromatic rings. The van der Waals surface area contributed by atoms with Crippen LogP contribution >= 0.6 is 0 Å². The number of rotatable bonds is 3. The van der Waals surface area contributed by atoms with E-state index < -0.39 is 6.10 Å². The molecule has 1 heterocycles. The number of ether oxygens (including phenoxy) is 1. The highest BCUT2D eigenvalue weighted by atomic mass is 16.5. The van der Waals surface area contributed by atoms with E-state index in [1.54, 1.807) is 6.92 Å². The Hall–Kier alpha value is -1.55. The van der Waals surface area contributed by atoms with Gasteiger partial charge in [0.15, 0.2) is 6.10 Å². The lowest BCUT2D eigenvalue weighted by atomic mass is 10.1. The molecule has 4 heteroatoms. The van der Waals surface area contributed by atoms with Crippen molar-refractivity contribution in [3.63, 3.8) is 0 Å². The second-order valence-electron chi connectivity index (χ2n) is 5.11. The first-order valence-electron chi connectivity index (χ1n) is 6.34. The highest BCUT2D eigenvalue weighted by Gasteiger charge is 2.31. The van der Waals surface area contributed by atoms with Crippen LogP contribution in [-0.2, 0) is 11.3 Å². The van der Waals surface area contributed by atoms with Crippen LogP contribution in [0.15, 0.2) is 18.2 Å². The van der Waals surface area contributed by atoms with Crippen LogP contribution in [-0.4, -0.2) is 18.6 Å². The average Bonchev–Trinajstić information content (AvgIpc) is 2.33. The number of amides is 1. The van der Waals surface area contributed by atoms with Crippen LogP contribution in [0.1, 0.15) is 26.3 Å². The number of carbonyl (C=O) groups excluding carboxylic acids is 1. The van der Waals surface area contributed by atoms with Gasteiger partial charge in [-0.05, 0) is 30.5 Å². The van der Waals surface area contributed by atoms with E-state index in [9.17, 15) is 4.79 Å². The summed E-state index contributed by atoms with van der Waals surface area (Å²) in [6.45, 7) is 7.17. The van der Waals surface area contributed by atoms with Crippen molar-refractivity contribution in [2.75, 3.05) is 11.4 Å². The zero-order chi connectivity index (χ0) is 13.3. The van der Waals surface area contributed by atoms with Crippen LogP contribution in [0.4, 0.5) is 5.69 Å². The Labute approximate surface area is 108 Å². The van der Waals surface area contributed by atoms with Crippen LogP contribution in [0.5, 0.6) is 5.75 Å². The Morgan fingerprint density at radius 3 is 2.78 bits per heavy atom. The molecule has 1 aromatic carbocycles. The predicted molar refractivity (Wildman–Crippen MR) is 71.6 cm³/mol. The second-order valence-corrected chi connectivity index (χ2v) is 5.11. The summed E-state index contributed by atoms with van der Waals surface area (Å²) in [6.07, 6.45) is -0.427. The third-order valence-electron chi connectivity index (χ3n) is 3.02. The quantitative estimate of drug-likeness (QED) is 0.889. The Morgan fingerprint density at radius 1 is 1.44 bits per heavy atom. The molecule has 1 atom stereocenters. The van der Waals surface area contributed by atoms with Crippen LogP contribution in [0.2, 0.25) is 0 Å². The van der Waals surface area contributed by atoms with E-state index >= 15 is 0 Å². The molecule has 0 spiro atoms. The van der Waals surface area contributed by atoms with E-state index in [0.29, 0.717) is 19.0 Å². The van der Waals surface area contributed by atoms with Gasteiger partial charge in [0.25, 0.3) is 5.91 Å². The first kappa shape index (κ1) is 12.9. The lowest BCUT2D eigenvalue weighted by Crippen LogP contribution is -2.46. The van der Waals surface area contributed by atoms with Gasteiger partial charge in [0, 0.05) is 13.1 Å². The number of fused-ring (bicyclic) bond motifs is 1. The molecule has 1 amide bonds. The van der Waals surface area contributed by atoms with Crippen molar-refractivity contribution in [1.29, 1.82) is 0 Å². The maximum absolute atomic E-state index is 12.2. The van der Waals surface area contributed by atoms with Crippen LogP contribution < -0.4 is 15.4 Å². The molecule has 0 fully saturated rings. The van der Waals surface area contributed by atoms with Gasteiger partial charge >= 0.3 is 0 Å². The van der Waals surface area contributed by atoms with Gasteiger partial charge in [-0.3, -0.25) is 4.79 Å². The van der Waals surface area contributed by atoms with Gasteiger partial charge in [-0.15, -0.1) is 0 Å². The van der Waals surface area contributed by atoms with Gasteiger partial charge in [0.05, 0.1) is 5.69 Å². The van der Waals surface area contributed by atoms with Crippen molar-refractivity contribution >= 4 is 11.6 Å². The first-order valence-corrected chi connectivity index (χ1v) is 6.34. The Morgan fingerprint density at radius 2 is 2.17 bits per heavy atom. The van der Waals surface area contributed by atoms with Gasteiger partial charge in [-0.1, -0.05) is 19.9 Å². The van der Waals surface area contributed by atoms with Crippen molar-refractivity contribution in [1.82, 2.24) is 0 Å². The van der Waals surface area contributed by atoms with E-state index in [2.05, 4.69) is 13.8 Å². The number of hydrogen-bond acceptors (Lipinski definition) is 3. The molecule has 0 aromatic heterocycles. The number of nitrogens with zero attached hydrogens (tertiary/aromatic N) is 1. The Balaban J connectivity index is 2.40. The fourth-order valence-corrected chi connectivity index (χ4v) is 2.14. The maximum atomic E-state index is 12.2. The van der Waals surface area contributed by atoms with Crippen LogP contribution in [0.3, 0.4) is 0 Å². The lowest BCUT2D eigenvalue weighted by molar-refractivity contribution is -0.125. The molecule has 1 aliphatic heterocycles. The standard InChI is InChI=1S/C14H20N2O2/c1-9(2)8-16-12-5-4-11(7-15)6-13(12)18-10(3)14(16)17/h4-6,9-10H,7-8,15H2,1-3H3. The first-order chi connectivity index (χ1) is 8.52. The Kier molecular flexibility index (Phi) is 3.57. The SMILES string of the molecule is CC(C)CN1C(=O)C(C)Oc2cc(CN)ccc21. The fraction of sp³-hybridized carbons (Fsp3) is 0.500. The van der Waals surface area contributed by atoms with Gasteiger partial charge in [-0.2, -0.15) is 0 Å². The van der Waals surface area contributed by atoms with Crippen molar-refractivity contribution in [2.45, 2.75) is 33.4 Å². The highest BCUT2D eigenvalue weighted by Crippen LogP contribution is 2.35. The highest BCUT2D eigenvalue weighted by molar-refractivity contribution is 5.99. The van der Waals surface area contributed by atoms with E-state index in [1.807, 2.05) is 23.1 Å². The molecule has 4 nitrogen and oxygen atoms in total. The molecule has 0 bridgehead atoms. The third kappa shape index (κ3) is 2.34. The molecular weight excluding hydrogens is 228 g/mol. The number of benzene rings is 1. The van der Waals surface area contributed by atoms with E-state index in [1.165, 1.54) is 0 Å². The van der Waals surface area contributed by atoms with E-state index in [-0.39, 0.29) is 5.91 Å². The normalized spacial score (nSPS) is 18.8. The average molecular weight is 248 g/mol. The molecule has 0 saturated carbocycles. The largest absolute Gasteiger partial charge is 0.479 e. The molecular formula is C14H20N2O2. The summed E-state index contributed by atoms with van der Waals surface area (Å²) in [5.41, 5.74) is 7.49. The molecule has 18 heavy (non-hydrogen) atoms. The lowest BCUT2D eigenvalue weighted by Gasteiger charge is -2.34. The summed E-state index contributed by atoms with van der Waals surface area (Å²) in [5, 5.41) is 0. The minimum Gasteiger partial charge on any atom is -0.479 e. The summed E-state index contributed by atoms with van der Waals surface area (Å²) in [7, 11) is 0. The van der Waals surface area contributed by atoms with Gasteiger partial charge < -0.3 is 15.4 Å². The molecule has 98 valence electrons. The number of anilines is 1. The number of nitrogens with two attached hydrogens (primary N) is 1. The number of carbonyl (C=O) groups is 1. The molecule has 0 radical (unpaired) electrons. The van der Waals surface area contributed by atoms with Crippen molar-refractivity contribution in [2.24, 2.45) is 11.7 Å². The van der Waals surface area contributed by atoms with Crippen molar-refractivity contribution in [3.8, 4) is 5.75 Å². The molecule has 2 rings (SSSR count). The van der Waals surface area contributed by atoms with Gasteiger partial charge in [0.2, 0.25) is 0 Å². The van der Waals surface area contributed by atoms with E-state index in [4.69, 9.17) is 10.5 Å². The van der Waals surface area contributed by atoms with Crippen LogP contribution in [0.25, 0.3) is 0 Å². The maximum Gasteiger partial charge on any atom is 0.267 e. The monoisotopic (exact) mass is 248 g/mol. The predicted octanol–water partition coefficient (Wildman–Crippen LogP) is 1.92.